The molecule has 152 valence electrons. The number of hydrogen-bond donors (Lipinski definition) is 1. The molecule has 0 atom stereocenters. The number of likely N-dealkylation sites (tertiary alicyclic amines) is 1. The van der Waals surface area contributed by atoms with E-state index in [4.69, 9.17) is 0 Å². The molecule has 1 aliphatic heterocycles. The SMILES string of the molecule is Cc1ccc2nc(Nc3ncnc(N(C)C4CCN(C)CC4)c3[N+](=O)[O-])sc2c1. The molecule has 3 aromatic rings. The van der Waals surface area contributed by atoms with Gasteiger partial charge in [0.1, 0.15) is 6.33 Å². The van der Waals surface area contributed by atoms with Gasteiger partial charge in [-0.05, 0) is 57.6 Å². The monoisotopic (exact) mass is 413 g/mol. The van der Waals surface area contributed by atoms with Crippen LogP contribution in [0.5, 0.6) is 0 Å². The number of aryl methyl sites for hydroxylation is 1. The predicted octanol–water partition coefficient (Wildman–Crippen LogP) is 3.58. The van der Waals surface area contributed by atoms with Crippen LogP contribution in [-0.2, 0) is 0 Å². The standard InChI is InChI=1S/C19H23N7O2S/c1-12-4-5-14-15(10-12)29-19(22-14)23-17-16(26(27)28)18(21-11-20-17)25(3)13-6-8-24(2)9-7-13/h4-5,10-11,13H,6-9H2,1-3H3,(H,20,21,22,23). The first-order valence-electron chi connectivity index (χ1n) is 9.47. The van der Waals surface area contributed by atoms with Crippen LogP contribution < -0.4 is 10.2 Å². The number of rotatable bonds is 5. The Balaban J connectivity index is 1.66. The first-order valence-corrected chi connectivity index (χ1v) is 10.3. The molecule has 3 heterocycles. The lowest BCUT2D eigenvalue weighted by Crippen LogP contribution is -2.42. The third-order valence-corrected chi connectivity index (χ3v) is 6.26. The van der Waals surface area contributed by atoms with Gasteiger partial charge in [-0.2, -0.15) is 0 Å². The number of hydrogen-bond acceptors (Lipinski definition) is 9. The van der Waals surface area contributed by atoms with Gasteiger partial charge in [0.15, 0.2) is 5.13 Å². The van der Waals surface area contributed by atoms with Crippen molar-refractivity contribution in [3.63, 3.8) is 0 Å². The van der Waals surface area contributed by atoms with E-state index in [1.807, 2.05) is 37.1 Å². The normalized spacial score (nSPS) is 15.6. The molecule has 9 nitrogen and oxygen atoms in total. The van der Waals surface area contributed by atoms with Gasteiger partial charge in [-0.25, -0.2) is 15.0 Å². The number of benzene rings is 1. The number of nitrogens with one attached hydrogen (secondary N) is 1. The van der Waals surface area contributed by atoms with E-state index in [0.29, 0.717) is 10.9 Å². The molecule has 0 amide bonds. The second-order valence-electron chi connectivity index (χ2n) is 7.41. The molecule has 1 aliphatic rings. The smallest absolute Gasteiger partial charge is 0.351 e. The van der Waals surface area contributed by atoms with Crippen LogP contribution in [0.15, 0.2) is 24.5 Å². The fourth-order valence-electron chi connectivity index (χ4n) is 3.63. The van der Waals surface area contributed by atoms with E-state index >= 15 is 0 Å². The number of thiazole rings is 1. The van der Waals surface area contributed by atoms with Crippen LogP contribution in [-0.4, -0.2) is 58.0 Å². The lowest BCUT2D eigenvalue weighted by Gasteiger charge is -2.35. The molecule has 0 aliphatic carbocycles. The highest BCUT2D eigenvalue weighted by Gasteiger charge is 2.30. The Morgan fingerprint density at radius 2 is 2.07 bits per heavy atom. The predicted molar refractivity (Wildman–Crippen MR) is 115 cm³/mol. The van der Waals surface area contributed by atoms with Crippen molar-refractivity contribution >= 4 is 44.0 Å². The molecule has 0 radical (unpaired) electrons. The fourth-order valence-corrected chi connectivity index (χ4v) is 4.59. The average Bonchev–Trinajstić information content (AvgIpc) is 3.09. The van der Waals surface area contributed by atoms with Crippen molar-refractivity contribution in [1.29, 1.82) is 0 Å². The molecule has 2 aromatic heterocycles. The third-order valence-electron chi connectivity index (χ3n) is 5.32. The van der Waals surface area contributed by atoms with Crippen molar-refractivity contribution in [3.05, 3.63) is 40.2 Å². The van der Waals surface area contributed by atoms with Crippen LogP contribution in [0.4, 0.5) is 22.5 Å². The number of aromatic nitrogens is 3. The molecular formula is C19H23N7O2S. The summed E-state index contributed by atoms with van der Waals surface area (Å²) in [7, 11) is 3.96. The summed E-state index contributed by atoms with van der Waals surface area (Å²) >= 11 is 1.44. The highest BCUT2D eigenvalue weighted by molar-refractivity contribution is 7.22. The van der Waals surface area contributed by atoms with Crippen LogP contribution >= 0.6 is 11.3 Å². The average molecular weight is 414 g/mol. The summed E-state index contributed by atoms with van der Waals surface area (Å²) in [4.78, 5) is 28.6. The Labute approximate surface area is 172 Å². The van der Waals surface area contributed by atoms with Crippen LogP contribution in [0.1, 0.15) is 18.4 Å². The maximum Gasteiger partial charge on any atom is 0.353 e. The minimum absolute atomic E-state index is 0.121. The molecule has 0 spiro atoms. The molecule has 1 saturated heterocycles. The highest BCUT2D eigenvalue weighted by atomic mass is 32.1. The van der Waals surface area contributed by atoms with Gasteiger partial charge in [-0.1, -0.05) is 17.4 Å². The molecule has 0 unspecified atom stereocenters. The van der Waals surface area contributed by atoms with Crippen molar-refractivity contribution in [2.24, 2.45) is 0 Å². The van der Waals surface area contributed by atoms with E-state index in [1.165, 1.54) is 17.7 Å². The first kappa shape index (κ1) is 19.5. The van der Waals surface area contributed by atoms with Gasteiger partial charge in [-0.3, -0.25) is 10.1 Å². The van der Waals surface area contributed by atoms with Crippen molar-refractivity contribution in [3.8, 4) is 0 Å². The summed E-state index contributed by atoms with van der Waals surface area (Å²) in [5.41, 5.74) is 1.87. The number of piperidine rings is 1. The van der Waals surface area contributed by atoms with Crippen molar-refractivity contribution in [2.75, 3.05) is 37.4 Å². The second kappa shape index (κ2) is 7.88. The van der Waals surface area contributed by atoms with Crippen LogP contribution in [0, 0.1) is 17.0 Å². The van der Waals surface area contributed by atoms with Gasteiger partial charge in [-0.15, -0.1) is 0 Å². The van der Waals surface area contributed by atoms with Crippen LogP contribution in [0.2, 0.25) is 0 Å². The number of nitro groups is 1. The summed E-state index contributed by atoms with van der Waals surface area (Å²) < 4.78 is 1.02. The van der Waals surface area contributed by atoms with Gasteiger partial charge in [0.05, 0.1) is 15.1 Å². The second-order valence-corrected chi connectivity index (χ2v) is 8.44. The topological polar surface area (TPSA) is 100 Å². The zero-order valence-corrected chi connectivity index (χ0v) is 17.4. The zero-order chi connectivity index (χ0) is 20.5. The molecule has 10 heteroatoms. The molecule has 0 bridgehead atoms. The lowest BCUT2D eigenvalue weighted by molar-refractivity contribution is -0.383. The van der Waals surface area contributed by atoms with E-state index < -0.39 is 4.92 Å². The summed E-state index contributed by atoms with van der Waals surface area (Å²) in [6, 6.07) is 6.19. The summed E-state index contributed by atoms with van der Waals surface area (Å²) in [5, 5.41) is 15.5. The summed E-state index contributed by atoms with van der Waals surface area (Å²) in [6.07, 6.45) is 3.25. The van der Waals surface area contributed by atoms with Crippen LogP contribution in [0.3, 0.4) is 0 Å². The molecule has 4 rings (SSSR count). The van der Waals surface area contributed by atoms with E-state index in [0.717, 1.165) is 41.7 Å². The van der Waals surface area contributed by atoms with Crippen LogP contribution in [0.25, 0.3) is 10.2 Å². The number of anilines is 3. The Bertz CT molecular complexity index is 1050. The van der Waals surface area contributed by atoms with E-state index in [9.17, 15) is 10.1 Å². The Morgan fingerprint density at radius 1 is 1.31 bits per heavy atom. The summed E-state index contributed by atoms with van der Waals surface area (Å²) in [6.45, 7) is 3.95. The van der Waals surface area contributed by atoms with Gasteiger partial charge in [0, 0.05) is 13.1 Å². The van der Waals surface area contributed by atoms with Gasteiger partial charge in [0.25, 0.3) is 0 Å². The molecule has 1 fully saturated rings. The minimum Gasteiger partial charge on any atom is -0.351 e. The largest absolute Gasteiger partial charge is 0.353 e. The fraction of sp³-hybridized carbons (Fsp3) is 0.421. The quantitative estimate of drug-likeness (QED) is 0.500. The van der Waals surface area contributed by atoms with Gasteiger partial charge < -0.3 is 15.1 Å². The molecule has 0 saturated carbocycles. The molecule has 1 N–H and O–H groups in total. The Hall–Kier alpha value is -2.85. The van der Waals surface area contributed by atoms with Gasteiger partial charge in [0.2, 0.25) is 11.6 Å². The highest BCUT2D eigenvalue weighted by Crippen LogP contribution is 2.36. The van der Waals surface area contributed by atoms with E-state index in [-0.39, 0.29) is 17.5 Å². The number of fused-ring (bicyclic) bond motifs is 1. The number of nitrogens with zero attached hydrogens (tertiary/aromatic N) is 6. The van der Waals surface area contributed by atoms with Crippen molar-refractivity contribution < 1.29 is 4.92 Å². The van der Waals surface area contributed by atoms with Crippen molar-refractivity contribution in [2.45, 2.75) is 25.8 Å². The van der Waals surface area contributed by atoms with Gasteiger partial charge >= 0.3 is 5.69 Å². The Kier molecular flexibility index (Phi) is 5.29. The van der Waals surface area contributed by atoms with E-state index in [1.54, 1.807) is 0 Å². The third kappa shape index (κ3) is 3.99. The van der Waals surface area contributed by atoms with E-state index in [2.05, 4.69) is 32.2 Å². The molecule has 1 aromatic carbocycles. The molecule has 29 heavy (non-hydrogen) atoms. The lowest BCUT2D eigenvalue weighted by atomic mass is 10.0. The summed E-state index contributed by atoms with van der Waals surface area (Å²) in [5.74, 6) is 0.495. The Morgan fingerprint density at radius 3 is 2.79 bits per heavy atom. The van der Waals surface area contributed by atoms with Crippen molar-refractivity contribution in [1.82, 2.24) is 19.9 Å². The molecular weight excluding hydrogens is 390 g/mol. The first-order chi connectivity index (χ1) is 13.9. The maximum absolute atomic E-state index is 11.9. The minimum atomic E-state index is -0.416. The maximum atomic E-state index is 11.9. The zero-order valence-electron chi connectivity index (χ0n) is 16.6.